The Labute approximate surface area is 344 Å². The number of pyridine rings is 1. The summed E-state index contributed by atoms with van der Waals surface area (Å²) in [6.45, 7) is 4.50. The zero-order valence-corrected chi connectivity index (χ0v) is 33.8. The third-order valence-corrected chi connectivity index (χ3v) is 13.1. The molecular weight excluding hydrogens is 766 g/mol. The van der Waals surface area contributed by atoms with Crippen molar-refractivity contribution in [1.82, 2.24) is 20.1 Å². The van der Waals surface area contributed by atoms with E-state index in [1.54, 1.807) is 0 Å². The van der Waals surface area contributed by atoms with Gasteiger partial charge in [-0.3, -0.25) is 24.3 Å². The molecule has 4 N–H and O–H groups in total. The van der Waals surface area contributed by atoms with E-state index in [-0.39, 0.29) is 30.9 Å². The highest BCUT2D eigenvalue weighted by molar-refractivity contribution is 6.36. The molecule has 6 aliphatic rings. The molecule has 4 saturated carbocycles. The largest absolute Gasteiger partial charge is 0.491 e. The SMILES string of the molecule is NC(=O)[C@@H]1C[C@@H](Oc2cc(C3CC3)nc3c(Cl)c(OCCN4CCOCC4)ccc23)CN1C(=O)[C@H](CCCCC/C=C\[C@@H]1C[C@@H]1C(=O)O)NC(=O)OC1C[C@@H]2C[C@@H]2C1. The summed E-state index contributed by atoms with van der Waals surface area (Å²) < 4.78 is 24.0. The monoisotopic (exact) mass is 821 g/mol. The molecule has 6 fully saturated rings. The number of benzene rings is 1. The zero-order chi connectivity index (χ0) is 40.3. The van der Waals surface area contributed by atoms with Crippen LogP contribution in [0.15, 0.2) is 30.4 Å². The number of primary amides is 1. The van der Waals surface area contributed by atoms with Crippen LogP contribution in [-0.4, -0.2) is 114 Å². The van der Waals surface area contributed by atoms with Crippen molar-refractivity contribution in [3.63, 3.8) is 0 Å². The first-order chi connectivity index (χ1) is 28.1. The maximum atomic E-state index is 14.3. The number of alkyl carbamates (subject to hydrolysis) is 1. The molecule has 8 rings (SSSR count). The second kappa shape index (κ2) is 18.0. The summed E-state index contributed by atoms with van der Waals surface area (Å²) in [6, 6.07) is 3.83. The van der Waals surface area contributed by atoms with Gasteiger partial charge in [0.05, 0.1) is 31.2 Å². The molecule has 4 aliphatic carbocycles. The van der Waals surface area contributed by atoms with Crippen molar-refractivity contribution in [2.75, 3.05) is 46.0 Å². The summed E-state index contributed by atoms with van der Waals surface area (Å²) in [5.41, 5.74) is 7.38. The minimum absolute atomic E-state index is 0.105. The standard InChI is InChI=1S/C43H56ClN5O9/c44-38-36(56-17-14-48-12-15-55-16-13-48)11-10-31-37(23-34(25-8-9-25)46-39(31)38)57-30-22-35(40(45)50)49(24-30)41(51)33(47-43(54)58-29-19-27-18-28(27)20-29)7-5-3-1-2-4-6-26-21-32(26)42(52)53/h4,6,10-11,23,25-30,32-33,35H,1-3,5,7-9,12-22,24H2,(H2,45,50)(H,47,54)(H,52,53)/b6-4-/t26-,27-,28+,29?,30-,32+,33+,35+/m1/s1. The van der Waals surface area contributed by atoms with Crippen LogP contribution in [0.1, 0.15) is 88.7 Å². The van der Waals surface area contributed by atoms with Gasteiger partial charge in [-0.2, -0.15) is 0 Å². The Bertz CT molecular complexity index is 1880. The molecule has 0 radical (unpaired) electrons. The van der Waals surface area contributed by atoms with Crippen molar-refractivity contribution in [3.05, 3.63) is 41.1 Å². The molecule has 3 heterocycles. The molecule has 2 saturated heterocycles. The van der Waals surface area contributed by atoms with E-state index in [0.717, 1.165) is 70.3 Å². The molecule has 58 heavy (non-hydrogen) atoms. The smallest absolute Gasteiger partial charge is 0.408 e. The number of unbranched alkanes of at least 4 members (excludes halogenated alkanes) is 3. The number of halogens is 1. The lowest BCUT2D eigenvalue weighted by atomic mass is 10.0. The number of fused-ring (bicyclic) bond motifs is 2. The lowest BCUT2D eigenvalue weighted by molar-refractivity contribution is -0.139. The maximum Gasteiger partial charge on any atom is 0.408 e. The van der Waals surface area contributed by atoms with Crippen LogP contribution in [0, 0.1) is 23.7 Å². The van der Waals surface area contributed by atoms with Crippen LogP contribution in [0.5, 0.6) is 11.5 Å². The van der Waals surface area contributed by atoms with Crippen molar-refractivity contribution in [1.29, 1.82) is 0 Å². The number of hydrogen-bond acceptors (Lipinski definition) is 10. The van der Waals surface area contributed by atoms with Gasteiger partial charge in [-0.05, 0) is 87.7 Å². The van der Waals surface area contributed by atoms with E-state index in [1.165, 1.54) is 11.3 Å². The highest BCUT2D eigenvalue weighted by atomic mass is 35.5. The normalized spacial score (nSPS) is 28.3. The van der Waals surface area contributed by atoms with Gasteiger partial charge in [0.25, 0.3) is 0 Å². The third-order valence-electron chi connectivity index (χ3n) is 12.8. The Morgan fingerprint density at radius 3 is 2.53 bits per heavy atom. The topological polar surface area (TPSA) is 183 Å². The minimum atomic E-state index is -0.923. The second-order valence-electron chi connectivity index (χ2n) is 17.1. The van der Waals surface area contributed by atoms with Gasteiger partial charge in [-0.1, -0.05) is 36.6 Å². The summed E-state index contributed by atoms with van der Waals surface area (Å²) in [7, 11) is 0. The summed E-state index contributed by atoms with van der Waals surface area (Å²) in [4.78, 5) is 60.2. The zero-order valence-electron chi connectivity index (χ0n) is 33.0. The molecule has 15 heteroatoms. The van der Waals surface area contributed by atoms with E-state index in [1.807, 2.05) is 30.4 Å². The van der Waals surface area contributed by atoms with Crippen LogP contribution in [0.25, 0.3) is 10.9 Å². The number of nitrogens with zero attached hydrogens (tertiary/aromatic N) is 3. The van der Waals surface area contributed by atoms with Crippen LogP contribution in [-0.2, 0) is 23.9 Å². The number of hydrogen-bond donors (Lipinski definition) is 3. The van der Waals surface area contributed by atoms with Crippen molar-refractivity contribution in [2.24, 2.45) is 29.4 Å². The molecule has 2 aliphatic heterocycles. The van der Waals surface area contributed by atoms with Gasteiger partial charge in [0, 0.05) is 49.1 Å². The maximum absolute atomic E-state index is 14.3. The predicted molar refractivity (Wildman–Crippen MR) is 215 cm³/mol. The molecule has 3 amide bonds. The Hall–Kier alpha value is -4.14. The molecular formula is C43H56ClN5O9. The van der Waals surface area contributed by atoms with Crippen LogP contribution in [0.3, 0.4) is 0 Å². The van der Waals surface area contributed by atoms with Crippen LogP contribution in [0.2, 0.25) is 5.02 Å². The van der Waals surface area contributed by atoms with Crippen LogP contribution < -0.4 is 20.5 Å². The van der Waals surface area contributed by atoms with Gasteiger partial charge in [-0.15, -0.1) is 0 Å². The number of ether oxygens (including phenoxy) is 4. The molecule has 1 aromatic carbocycles. The Morgan fingerprint density at radius 2 is 1.81 bits per heavy atom. The number of rotatable bonds is 19. The average Bonchev–Trinajstić information content (AvgIpc) is 4.16. The molecule has 14 nitrogen and oxygen atoms in total. The number of carboxylic acid groups (broad SMARTS) is 1. The minimum Gasteiger partial charge on any atom is -0.491 e. The number of aromatic nitrogens is 1. The Morgan fingerprint density at radius 1 is 1.02 bits per heavy atom. The van der Waals surface area contributed by atoms with E-state index in [9.17, 15) is 19.2 Å². The van der Waals surface area contributed by atoms with Crippen molar-refractivity contribution in [3.8, 4) is 11.5 Å². The molecule has 0 bridgehead atoms. The van der Waals surface area contributed by atoms with E-state index >= 15 is 0 Å². The Balaban J connectivity index is 0.928. The lowest BCUT2D eigenvalue weighted by Gasteiger charge is -2.28. The number of carboxylic acids is 1. The molecule has 1 aromatic heterocycles. The first-order valence-electron chi connectivity index (χ1n) is 21.3. The fraction of sp³-hybridized carbons (Fsp3) is 0.651. The van der Waals surface area contributed by atoms with Gasteiger partial charge in [0.1, 0.15) is 47.4 Å². The summed E-state index contributed by atoms with van der Waals surface area (Å²) in [5, 5.41) is 13.1. The number of aliphatic carboxylic acids is 1. The van der Waals surface area contributed by atoms with Gasteiger partial charge in [-0.25, -0.2) is 4.79 Å². The molecule has 314 valence electrons. The molecule has 2 aromatic rings. The average molecular weight is 822 g/mol. The Kier molecular flexibility index (Phi) is 12.6. The highest BCUT2D eigenvalue weighted by Crippen LogP contribution is 2.52. The number of carbonyl (C=O) groups is 4. The number of likely N-dealkylation sites (tertiary alicyclic amines) is 1. The molecule has 8 atom stereocenters. The van der Waals surface area contributed by atoms with E-state index in [0.29, 0.717) is 84.3 Å². The van der Waals surface area contributed by atoms with Crippen LogP contribution >= 0.6 is 11.6 Å². The number of nitrogens with two attached hydrogens (primary N) is 1. The first-order valence-corrected chi connectivity index (χ1v) is 21.7. The number of amides is 3. The lowest BCUT2D eigenvalue weighted by Crippen LogP contribution is -2.53. The van der Waals surface area contributed by atoms with Gasteiger partial charge in [0.2, 0.25) is 11.8 Å². The number of nitrogens with one attached hydrogen (secondary N) is 1. The van der Waals surface area contributed by atoms with Crippen molar-refractivity contribution < 1.29 is 43.2 Å². The third kappa shape index (κ3) is 9.99. The van der Waals surface area contributed by atoms with Crippen molar-refractivity contribution >= 4 is 46.4 Å². The fourth-order valence-electron chi connectivity index (χ4n) is 9.02. The van der Waals surface area contributed by atoms with Gasteiger partial charge in [0.15, 0.2) is 0 Å². The summed E-state index contributed by atoms with van der Waals surface area (Å²) in [5.74, 6) is 0.746. The number of allylic oxidation sites excluding steroid dienone is 2. The van der Waals surface area contributed by atoms with Crippen LogP contribution in [0.4, 0.5) is 4.79 Å². The number of carbonyl (C=O) groups excluding carboxylic acids is 3. The molecule has 0 spiro atoms. The highest BCUT2D eigenvalue weighted by Gasteiger charge is 2.48. The van der Waals surface area contributed by atoms with Crippen molar-refractivity contribution in [2.45, 2.75) is 107 Å². The first kappa shape index (κ1) is 40.6. The van der Waals surface area contributed by atoms with Gasteiger partial charge < -0.3 is 40.0 Å². The summed E-state index contributed by atoms with van der Waals surface area (Å²) in [6.07, 6.45) is 12.0. The van der Waals surface area contributed by atoms with Gasteiger partial charge >= 0.3 is 12.1 Å². The van der Waals surface area contributed by atoms with E-state index in [4.69, 9.17) is 46.4 Å². The predicted octanol–water partition coefficient (Wildman–Crippen LogP) is 5.43. The summed E-state index contributed by atoms with van der Waals surface area (Å²) >= 11 is 6.97. The van der Waals surface area contributed by atoms with E-state index < -0.39 is 42.1 Å². The van der Waals surface area contributed by atoms with E-state index in [2.05, 4.69) is 10.2 Å². The number of morpholine rings is 1. The quantitative estimate of drug-likeness (QED) is 0.121. The fourth-order valence-corrected chi connectivity index (χ4v) is 9.28. The molecule has 1 unspecified atom stereocenters. The second-order valence-corrected chi connectivity index (χ2v) is 17.5.